The molecule has 0 N–H and O–H groups in total. The molecule has 0 spiro atoms. The van der Waals surface area contributed by atoms with Crippen LogP contribution in [0.3, 0.4) is 0 Å². The molecule has 4 aromatic rings. The third-order valence-corrected chi connectivity index (χ3v) is 4.64. The van der Waals surface area contributed by atoms with Crippen molar-refractivity contribution in [1.29, 1.82) is 0 Å². The van der Waals surface area contributed by atoms with Crippen LogP contribution in [-0.2, 0) is 5.75 Å². The van der Waals surface area contributed by atoms with Gasteiger partial charge in [0, 0.05) is 0 Å². The van der Waals surface area contributed by atoms with E-state index < -0.39 is 0 Å². The molecule has 0 amide bonds. The molecule has 0 aliphatic heterocycles. The van der Waals surface area contributed by atoms with Gasteiger partial charge >= 0.3 is 0 Å². The third-order valence-electron chi connectivity index (χ3n) is 3.68. The molecule has 24 heavy (non-hydrogen) atoms. The van der Waals surface area contributed by atoms with Crippen LogP contribution in [0.5, 0.6) is 0 Å². The molecule has 0 bridgehead atoms. The number of hydrogen-bond acceptors (Lipinski definition) is 4. The zero-order valence-corrected chi connectivity index (χ0v) is 13.6. The maximum absolute atomic E-state index is 13.0. The number of aromatic nitrogens is 2. The van der Waals surface area contributed by atoms with Crippen molar-refractivity contribution < 1.29 is 4.42 Å². The van der Waals surface area contributed by atoms with Gasteiger partial charge in [-0.05, 0) is 36.4 Å². The summed E-state index contributed by atoms with van der Waals surface area (Å²) >= 11 is 1.49. The largest absolute Gasteiger partial charge is 0.468 e. The van der Waals surface area contributed by atoms with E-state index >= 15 is 0 Å². The molecule has 0 fully saturated rings. The van der Waals surface area contributed by atoms with Gasteiger partial charge in [-0.15, -0.1) is 0 Å². The van der Waals surface area contributed by atoms with Crippen molar-refractivity contribution in [3.8, 4) is 5.69 Å². The maximum Gasteiger partial charge on any atom is 0.266 e. The molecule has 0 atom stereocenters. The molecular weight excluding hydrogens is 320 g/mol. The van der Waals surface area contributed by atoms with E-state index in [4.69, 9.17) is 9.40 Å². The number of thioether (sulfide) groups is 1. The lowest BCUT2D eigenvalue weighted by molar-refractivity contribution is 0.530. The first-order valence-corrected chi connectivity index (χ1v) is 8.54. The highest BCUT2D eigenvalue weighted by atomic mass is 32.2. The van der Waals surface area contributed by atoms with Crippen LogP contribution in [-0.4, -0.2) is 9.55 Å². The quantitative estimate of drug-likeness (QED) is 0.413. The summed E-state index contributed by atoms with van der Waals surface area (Å²) in [5.74, 6) is 1.46. The summed E-state index contributed by atoms with van der Waals surface area (Å²) in [5.41, 5.74) is 1.45. The lowest BCUT2D eigenvalue weighted by Crippen LogP contribution is -2.21. The van der Waals surface area contributed by atoms with E-state index in [2.05, 4.69) is 0 Å². The van der Waals surface area contributed by atoms with Crippen molar-refractivity contribution in [3.63, 3.8) is 0 Å². The van der Waals surface area contributed by atoms with E-state index in [0.29, 0.717) is 21.8 Å². The van der Waals surface area contributed by atoms with Gasteiger partial charge in [-0.3, -0.25) is 9.36 Å². The van der Waals surface area contributed by atoms with Crippen LogP contribution < -0.4 is 5.56 Å². The van der Waals surface area contributed by atoms with Crippen LogP contribution in [0, 0.1) is 0 Å². The number of rotatable bonds is 4. The Morgan fingerprint density at radius 1 is 0.958 bits per heavy atom. The van der Waals surface area contributed by atoms with Gasteiger partial charge in [0.15, 0.2) is 5.16 Å². The molecule has 0 saturated carbocycles. The van der Waals surface area contributed by atoms with E-state index in [-0.39, 0.29) is 5.56 Å². The highest BCUT2D eigenvalue weighted by Crippen LogP contribution is 2.24. The molecule has 2 heterocycles. The minimum atomic E-state index is -0.0613. The Labute approximate surface area is 142 Å². The van der Waals surface area contributed by atoms with Crippen LogP contribution in [0.1, 0.15) is 5.76 Å². The Balaban J connectivity index is 1.88. The average molecular weight is 334 g/mol. The van der Waals surface area contributed by atoms with Crippen molar-refractivity contribution >= 4 is 22.7 Å². The average Bonchev–Trinajstić information content (AvgIpc) is 3.14. The molecule has 4 rings (SSSR count). The van der Waals surface area contributed by atoms with Gasteiger partial charge in [0.05, 0.1) is 28.6 Å². The highest BCUT2D eigenvalue weighted by Gasteiger charge is 2.13. The summed E-state index contributed by atoms with van der Waals surface area (Å²) in [4.78, 5) is 17.7. The van der Waals surface area contributed by atoms with E-state index in [1.807, 2.05) is 66.7 Å². The topological polar surface area (TPSA) is 48.0 Å². The van der Waals surface area contributed by atoms with Crippen molar-refractivity contribution in [1.82, 2.24) is 9.55 Å². The smallest absolute Gasteiger partial charge is 0.266 e. The van der Waals surface area contributed by atoms with Gasteiger partial charge in [-0.1, -0.05) is 42.1 Å². The SMILES string of the molecule is O=c1c2ccccc2nc(SCc2ccco2)n1-c1ccccc1. The summed E-state index contributed by atoms with van der Waals surface area (Å²) in [6.07, 6.45) is 1.65. The monoisotopic (exact) mass is 334 g/mol. The predicted octanol–water partition coefficient (Wildman–Crippen LogP) is 4.27. The van der Waals surface area contributed by atoms with Crippen LogP contribution in [0.4, 0.5) is 0 Å². The summed E-state index contributed by atoms with van der Waals surface area (Å²) in [6.45, 7) is 0. The predicted molar refractivity (Wildman–Crippen MR) is 95.6 cm³/mol. The molecule has 0 saturated heterocycles. The highest BCUT2D eigenvalue weighted by molar-refractivity contribution is 7.98. The number of para-hydroxylation sites is 2. The normalized spacial score (nSPS) is 11.0. The van der Waals surface area contributed by atoms with Crippen LogP contribution >= 0.6 is 11.8 Å². The van der Waals surface area contributed by atoms with Crippen molar-refractivity contribution in [2.75, 3.05) is 0 Å². The Morgan fingerprint density at radius 3 is 2.54 bits per heavy atom. The first-order chi connectivity index (χ1) is 11.8. The summed E-state index contributed by atoms with van der Waals surface area (Å²) in [6, 6.07) is 20.8. The van der Waals surface area contributed by atoms with E-state index in [0.717, 1.165) is 11.4 Å². The third kappa shape index (κ3) is 2.74. The van der Waals surface area contributed by atoms with Crippen molar-refractivity contribution in [3.05, 3.63) is 89.1 Å². The number of fused-ring (bicyclic) bond motifs is 1. The van der Waals surface area contributed by atoms with E-state index in [9.17, 15) is 4.79 Å². The fourth-order valence-corrected chi connectivity index (χ4v) is 3.46. The molecule has 5 heteroatoms. The molecule has 0 radical (unpaired) electrons. The fourth-order valence-electron chi connectivity index (χ4n) is 2.54. The fraction of sp³-hybridized carbons (Fsp3) is 0.0526. The van der Waals surface area contributed by atoms with E-state index in [1.165, 1.54) is 11.8 Å². The van der Waals surface area contributed by atoms with Crippen molar-refractivity contribution in [2.45, 2.75) is 10.9 Å². The Bertz CT molecular complexity index is 1020. The molecule has 0 aliphatic carbocycles. The summed E-state index contributed by atoms with van der Waals surface area (Å²) in [7, 11) is 0. The second-order valence-corrected chi connectivity index (χ2v) is 6.20. The molecule has 2 aromatic heterocycles. The zero-order valence-electron chi connectivity index (χ0n) is 12.8. The van der Waals surface area contributed by atoms with Gasteiger partial charge in [-0.2, -0.15) is 0 Å². The first kappa shape index (κ1) is 14.8. The lowest BCUT2D eigenvalue weighted by Gasteiger charge is -2.12. The summed E-state index contributed by atoms with van der Waals surface area (Å²) < 4.78 is 7.05. The van der Waals surface area contributed by atoms with Gasteiger partial charge < -0.3 is 4.42 Å². The Kier molecular flexibility index (Phi) is 3.92. The molecule has 118 valence electrons. The second kappa shape index (κ2) is 6.37. The molecular formula is C19H14N2O2S. The molecule has 0 unspecified atom stereocenters. The standard InChI is InChI=1S/C19H14N2O2S/c22-18-16-10-4-5-11-17(16)20-19(24-13-15-9-6-12-23-15)21(18)14-7-2-1-3-8-14/h1-12H,13H2. The lowest BCUT2D eigenvalue weighted by atomic mass is 10.2. The minimum absolute atomic E-state index is 0.0613. The number of furan rings is 1. The van der Waals surface area contributed by atoms with Crippen LogP contribution in [0.25, 0.3) is 16.6 Å². The Hall–Kier alpha value is -2.79. The molecule has 4 nitrogen and oxygen atoms in total. The number of nitrogens with zero attached hydrogens (tertiary/aromatic N) is 2. The zero-order chi connectivity index (χ0) is 16.4. The minimum Gasteiger partial charge on any atom is -0.468 e. The summed E-state index contributed by atoms with van der Waals surface area (Å²) in [5, 5.41) is 1.27. The van der Waals surface area contributed by atoms with E-state index in [1.54, 1.807) is 10.8 Å². The Morgan fingerprint density at radius 2 is 1.75 bits per heavy atom. The van der Waals surface area contributed by atoms with Gasteiger partial charge in [0.25, 0.3) is 5.56 Å². The van der Waals surface area contributed by atoms with Crippen molar-refractivity contribution in [2.24, 2.45) is 0 Å². The molecule has 2 aromatic carbocycles. The first-order valence-electron chi connectivity index (χ1n) is 7.55. The number of benzene rings is 2. The second-order valence-electron chi connectivity index (χ2n) is 5.26. The maximum atomic E-state index is 13.0. The van der Waals surface area contributed by atoms with Gasteiger partial charge in [0.1, 0.15) is 5.76 Å². The molecule has 0 aliphatic rings. The van der Waals surface area contributed by atoms with Gasteiger partial charge in [-0.25, -0.2) is 4.98 Å². The van der Waals surface area contributed by atoms with Crippen LogP contribution in [0.15, 0.2) is 87.4 Å². The van der Waals surface area contributed by atoms with Crippen LogP contribution in [0.2, 0.25) is 0 Å². The van der Waals surface area contributed by atoms with Gasteiger partial charge in [0.2, 0.25) is 0 Å². The number of hydrogen-bond donors (Lipinski definition) is 0.